The predicted molar refractivity (Wildman–Crippen MR) is 96.2 cm³/mol. The monoisotopic (exact) mass is 508 g/mol. The molecule has 0 bridgehead atoms. The van der Waals surface area contributed by atoms with Gasteiger partial charge >= 0.3 is 0 Å². The van der Waals surface area contributed by atoms with E-state index in [1.54, 1.807) is 0 Å². The van der Waals surface area contributed by atoms with Crippen LogP contribution >= 0.6 is 63.7 Å². The van der Waals surface area contributed by atoms with Gasteiger partial charge in [-0.3, -0.25) is 0 Å². The van der Waals surface area contributed by atoms with E-state index in [0.29, 0.717) is 0 Å². The molecule has 0 radical (unpaired) electrons. The number of benzene rings is 2. The van der Waals surface area contributed by atoms with Gasteiger partial charge in [-0.2, -0.15) is 0 Å². The van der Waals surface area contributed by atoms with Crippen LogP contribution in [0.3, 0.4) is 0 Å². The molecule has 0 aliphatic rings. The molecule has 0 aliphatic heterocycles. The zero-order chi connectivity index (χ0) is 14.2. The summed E-state index contributed by atoms with van der Waals surface area (Å²) in [5, 5.41) is 0. The first kappa shape index (κ1) is 15.7. The Labute approximate surface area is 147 Å². The second kappa shape index (κ2) is 6.42. The van der Waals surface area contributed by atoms with Crippen molar-refractivity contribution in [2.45, 2.75) is 18.7 Å². The van der Waals surface area contributed by atoms with Gasteiger partial charge in [-0.15, -0.1) is 0 Å². The van der Waals surface area contributed by atoms with Crippen molar-refractivity contribution in [1.82, 2.24) is 0 Å². The Morgan fingerprint density at radius 3 is 2.11 bits per heavy atom. The van der Waals surface area contributed by atoms with E-state index in [2.05, 4.69) is 108 Å². The fraction of sp³-hybridized carbons (Fsp3) is 0.200. The normalized spacial score (nSPS) is 12.5. The van der Waals surface area contributed by atoms with Gasteiger partial charge in [-0.05, 0) is 60.4 Å². The van der Waals surface area contributed by atoms with Crippen LogP contribution in [0.2, 0.25) is 0 Å². The lowest BCUT2D eigenvalue weighted by atomic mass is 10.00. The highest BCUT2D eigenvalue weighted by molar-refractivity contribution is 9.11. The van der Waals surface area contributed by atoms with Crippen LogP contribution in [0.4, 0.5) is 0 Å². The van der Waals surface area contributed by atoms with Gasteiger partial charge < -0.3 is 0 Å². The number of aryl methyl sites for hydroxylation is 2. The molecule has 0 saturated heterocycles. The number of alkyl halides is 1. The van der Waals surface area contributed by atoms with Crippen molar-refractivity contribution in [3.8, 4) is 0 Å². The highest BCUT2D eigenvalue weighted by atomic mass is 79.9. The first-order chi connectivity index (χ1) is 8.90. The molecule has 0 heterocycles. The van der Waals surface area contributed by atoms with Crippen LogP contribution in [0.15, 0.2) is 43.7 Å². The summed E-state index contributed by atoms with van der Waals surface area (Å²) < 4.78 is 3.36. The van der Waals surface area contributed by atoms with Gasteiger partial charge in [0.15, 0.2) is 0 Å². The lowest BCUT2D eigenvalue weighted by molar-refractivity contribution is 1.12. The average molecular weight is 512 g/mol. The quantitative estimate of drug-likeness (QED) is 0.378. The summed E-state index contributed by atoms with van der Waals surface area (Å²) in [6.45, 7) is 4.22. The number of hydrogen-bond donors (Lipinski definition) is 0. The van der Waals surface area contributed by atoms with Crippen molar-refractivity contribution in [2.24, 2.45) is 0 Å². The fourth-order valence-corrected chi connectivity index (χ4v) is 4.67. The summed E-state index contributed by atoms with van der Waals surface area (Å²) in [6.07, 6.45) is 0. The van der Waals surface area contributed by atoms with Gasteiger partial charge in [0, 0.05) is 13.4 Å². The van der Waals surface area contributed by atoms with Gasteiger partial charge in [0.25, 0.3) is 0 Å². The molecule has 0 spiro atoms. The van der Waals surface area contributed by atoms with Crippen molar-refractivity contribution < 1.29 is 0 Å². The second-order valence-corrected chi connectivity index (χ2v) is 8.03. The van der Waals surface area contributed by atoms with Crippen LogP contribution in [0.5, 0.6) is 0 Å². The van der Waals surface area contributed by atoms with Gasteiger partial charge in [-0.1, -0.05) is 69.8 Å². The van der Waals surface area contributed by atoms with E-state index in [4.69, 9.17) is 0 Å². The van der Waals surface area contributed by atoms with E-state index >= 15 is 0 Å². The molecular formula is C15H12Br4. The lowest BCUT2D eigenvalue weighted by Gasteiger charge is -2.17. The maximum Gasteiger partial charge on any atom is 0.0658 e. The van der Waals surface area contributed by atoms with E-state index in [1.165, 1.54) is 22.3 Å². The largest absolute Gasteiger partial charge is 0.0786 e. The van der Waals surface area contributed by atoms with Crippen LogP contribution in [0.1, 0.15) is 27.1 Å². The maximum absolute atomic E-state index is 3.81. The van der Waals surface area contributed by atoms with Crippen LogP contribution in [0.25, 0.3) is 0 Å². The van der Waals surface area contributed by atoms with Crippen molar-refractivity contribution >= 4 is 63.7 Å². The molecule has 0 amide bonds. The Morgan fingerprint density at radius 2 is 1.47 bits per heavy atom. The molecule has 1 atom stereocenters. The molecule has 4 heteroatoms. The molecule has 2 aromatic carbocycles. The zero-order valence-electron chi connectivity index (χ0n) is 10.5. The first-order valence-corrected chi connectivity index (χ1v) is 9.05. The summed E-state index contributed by atoms with van der Waals surface area (Å²) in [5.74, 6) is 0. The second-order valence-electron chi connectivity index (χ2n) is 4.49. The molecule has 0 fully saturated rings. The number of hydrogen-bond acceptors (Lipinski definition) is 0. The Morgan fingerprint density at radius 1 is 0.789 bits per heavy atom. The van der Waals surface area contributed by atoms with E-state index in [1.807, 2.05) is 0 Å². The summed E-state index contributed by atoms with van der Waals surface area (Å²) in [7, 11) is 0. The summed E-state index contributed by atoms with van der Waals surface area (Å²) in [5.41, 5.74) is 4.99. The third-order valence-electron chi connectivity index (χ3n) is 3.06. The van der Waals surface area contributed by atoms with E-state index < -0.39 is 0 Å². The predicted octanol–water partition coefficient (Wildman–Crippen LogP) is 7.08. The maximum atomic E-state index is 3.81. The zero-order valence-corrected chi connectivity index (χ0v) is 16.8. The van der Waals surface area contributed by atoms with Gasteiger partial charge in [0.2, 0.25) is 0 Å². The highest BCUT2D eigenvalue weighted by Crippen LogP contribution is 2.39. The molecule has 1 unspecified atom stereocenters. The SMILES string of the molecule is Cc1cc(Br)c(C(Br)c2ccc(Br)cc2C)cc1Br. The molecule has 0 saturated carbocycles. The molecule has 100 valence electrons. The molecule has 0 N–H and O–H groups in total. The molecule has 2 aromatic rings. The first-order valence-electron chi connectivity index (χ1n) is 5.76. The number of halogens is 4. The molecule has 0 aromatic heterocycles. The van der Waals surface area contributed by atoms with Crippen LogP contribution < -0.4 is 0 Å². The highest BCUT2D eigenvalue weighted by Gasteiger charge is 2.17. The van der Waals surface area contributed by atoms with Gasteiger partial charge in [0.05, 0.1) is 4.83 Å². The molecule has 0 nitrogen and oxygen atoms in total. The standard InChI is InChI=1S/C15H12Br4/c1-8-5-10(16)3-4-11(8)15(19)12-7-13(17)9(2)6-14(12)18/h3-7,15H,1-2H3. The fourth-order valence-electron chi connectivity index (χ4n) is 1.95. The minimum Gasteiger partial charge on any atom is -0.0786 e. The minimum absolute atomic E-state index is 0.173. The van der Waals surface area contributed by atoms with Gasteiger partial charge in [0.1, 0.15) is 0 Å². The molecule has 19 heavy (non-hydrogen) atoms. The average Bonchev–Trinajstić information content (AvgIpc) is 2.33. The van der Waals surface area contributed by atoms with Crippen LogP contribution in [-0.2, 0) is 0 Å². The third kappa shape index (κ3) is 3.52. The lowest BCUT2D eigenvalue weighted by Crippen LogP contribution is -1.98. The summed E-state index contributed by atoms with van der Waals surface area (Å²) in [4.78, 5) is 0.173. The van der Waals surface area contributed by atoms with E-state index in [0.717, 1.165) is 13.4 Å². The Hall–Kier alpha value is 0.360. The van der Waals surface area contributed by atoms with E-state index in [9.17, 15) is 0 Å². The molecule has 2 rings (SSSR count). The van der Waals surface area contributed by atoms with Crippen molar-refractivity contribution in [2.75, 3.05) is 0 Å². The number of rotatable bonds is 2. The minimum atomic E-state index is 0.173. The van der Waals surface area contributed by atoms with Crippen LogP contribution in [0, 0.1) is 13.8 Å². The molecule has 0 aliphatic carbocycles. The Kier molecular flexibility index (Phi) is 5.32. The van der Waals surface area contributed by atoms with Crippen molar-refractivity contribution in [3.05, 3.63) is 66.0 Å². The smallest absolute Gasteiger partial charge is 0.0658 e. The summed E-state index contributed by atoms with van der Waals surface area (Å²) >= 11 is 14.6. The van der Waals surface area contributed by atoms with Crippen molar-refractivity contribution in [3.63, 3.8) is 0 Å². The Bertz CT molecular complexity index is 620. The van der Waals surface area contributed by atoms with Gasteiger partial charge in [-0.25, -0.2) is 0 Å². The van der Waals surface area contributed by atoms with E-state index in [-0.39, 0.29) is 4.83 Å². The summed E-state index contributed by atoms with van der Waals surface area (Å²) in [6, 6.07) is 10.7. The van der Waals surface area contributed by atoms with Crippen LogP contribution in [-0.4, -0.2) is 0 Å². The third-order valence-corrected chi connectivity index (χ3v) is 6.08. The Balaban J connectivity index is 2.49. The topological polar surface area (TPSA) is 0 Å². The van der Waals surface area contributed by atoms with Crippen molar-refractivity contribution in [1.29, 1.82) is 0 Å². The molecular weight excluding hydrogens is 500 g/mol.